The Hall–Kier alpha value is -2.53. The van der Waals surface area contributed by atoms with Gasteiger partial charge in [0.1, 0.15) is 5.75 Å². The lowest BCUT2D eigenvalue weighted by Gasteiger charge is -2.49. The van der Waals surface area contributed by atoms with Crippen molar-refractivity contribution in [2.24, 2.45) is 0 Å². The van der Waals surface area contributed by atoms with Gasteiger partial charge in [0.05, 0.1) is 7.11 Å². The first-order valence-electron chi connectivity index (χ1n) is 10.2. The van der Waals surface area contributed by atoms with Crippen LogP contribution in [-0.4, -0.2) is 54.7 Å². The van der Waals surface area contributed by atoms with Crippen LogP contribution in [-0.2, 0) is 0 Å². The van der Waals surface area contributed by atoms with Crippen LogP contribution in [0.2, 0.25) is 0 Å². The zero-order valence-corrected chi connectivity index (χ0v) is 16.7. The fourth-order valence-corrected chi connectivity index (χ4v) is 4.31. The van der Waals surface area contributed by atoms with E-state index >= 15 is 0 Å². The number of methoxy groups -OCH3 is 1. The molecule has 2 fully saturated rings. The third kappa shape index (κ3) is 3.85. The number of carbonyl (C=O) groups is 1. The molecule has 28 heavy (non-hydrogen) atoms. The van der Waals surface area contributed by atoms with E-state index < -0.39 is 0 Å². The Bertz CT molecular complexity index is 815. The monoisotopic (exact) mass is 379 g/mol. The zero-order chi connectivity index (χ0) is 19.5. The Morgan fingerprint density at radius 2 is 1.82 bits per heavy atom. The summed E-state index contributed by atoms with van der Waals surface area (Å²) in [5, 5.41) is 3.02. The molecule has 2 aromatic rings. The normalized spacial score (nSPS) is 20.5. The van der Waals surface area contributed by atoms with Crippen LogP contribution < -0.4 is 10.1 Å². The van der Waals surface area contributed by atoms with Crippen LogP contribution in [0.3, 0.4) is 0 Å². The second kappa shape index (κ2) is 8.23. The third-order valence-electron chi connectivity index (χ3n) is 6.03. The highest BCUT2D eigenvalue weighted by molar-refractivity contribution is 5.90. The van der Waals surface area contributed by atoms with Crippen molar-refractivity contribution in [3.63, 3.8) is 0 Å². The maximum Gasteiger partial charge on any atom is 0.321 e. The van der Waals surface area contributed by atoms with E-state index in [9.17, 15) is 4.79 Å². The van der Waals surface area contributed by atoms with Gasteiger partial charge >= 0.3 is 6.03 Å². The highest BCUT2D eigenvalue weighted by Gasteiger charge is 2.37. The Balaban J connectivity index is 1.33. The van der Waals surface area contributed by atoms with Crippen LogP contribution in [0.5, 0.6) is 5.75 Å². The highest BCUT2D eigenvalue weighted by Crippen LogP contribution is 2.30. The SMILES string of the molecule is COc1ccccc1-c1ccc(NC(=O)N2CC(N3CCCC[C@@H]3C)C2)cc1. The van der Waals surface area contributed by atoms with Gasteiger partial charge in [-0.05, 0) is 50.1 Å². The average Bonchev–Trinajstić information content (AvgIpc) is 2.69. The van der Waals surface area contributed by atoms with Gasteiger partial charge in [-0.3, -0.25) is 4.90 Å². The molecule has 2 heterocycles. The van der Waals surface area contributed by atoms with Crippen molar-refractivity contribution in [2.45, 2.75) is 38.3 Å². The molecule has 4 rings (SSSR count). The van der Waals surface area contributed by atoms with E-state index in [1.165, 1.54) is 25.8 Å². The van der Waals surface area contributed by atoms with E-state index in [-0.39, 0.29) is 6.03 Å². The molecule has 0 unspecified atom stereocenters. The van der Waals surface area contributed by atoms with Gasteiger partial charge in [0.2, 0.25) is 0 Å². The van der Waals surface area contributed by atoms with Crippen molar-refractivity contribution in [3.8, 4) is 16.9 Å². The molecule has 0 radical (unpaired) electrons. The molecule has 1 N–H and O–H groups in total. The number of benzene rings is 2. The molecule has 2 aliphatic heterocycles. The molecule has 5 heteroatoms. The maximum absolute atomic E-state index is 12.5. The topological polar surface area (TPSA) is 44.8 Å². The number of nitrogens with zero attached hydrogens (tertiary/aromatic N) is 2. The van der Waals surface area contributed by atoms with Gasteiger partial charge in [0.25, 0.3) is 0 Å². The van der Waals surface area contributed by atoms with E-state index in [1.54, 1.807) is 7.11 Å². The molecule has 0 bridgehead atoms. The second-order valence-corrected chi connectivity index (χ2v) is 7.85. The molecule has 5 nitrogen and oxygen atoms in total. The number of amides is 2. The van der Waals surface area contributed by atoms with Crippen molar-refractivity contribution in [3.05, 3.63) is 48.5 Å². The summed E-state index contributed by atoms with van der Waals surface area (Å²) in [5.41, 5.74) is 2.93. The smallest absolute Gasteiger partial charge is 0.321 e. The van der Waals surface area contributed by atoms with Gasteiger partial charge in [0.15, 0.2) is 0 Å². The highest BCUT2D eigenvalue weighted by atomic mass is 16.5. The molecular formula is C23H29N3O2. The molecule has 0 aromatic heterocycles. The Labute approximate surface area is 167 Å². The van der Waals surface area contributed by atoms with Gasteiger partial charge in [-0.15, -0.1) is 0 Å². The van der Waals surface area contributed by atoms with Crippen LogP contribution in [0, 0.1) is 0 Å². The minimum absolute atomic E-state index is 0.00838. The minimum atomic E-state index is -0.00838. The van der Waals surface area contributed by atoms with E-state index in [1.807, 2.05) is 53.4 Å². The van der Waals surface area contributed by atoms with Crippen LogP contribution in [0.1, 0.15) is 26.2 Å². The summed E-state index contributed by atoms with van der Waals surface area (Å²) >= 11 is 0. The fraction of sp³-hybridized carbons (Fsp3) is 0.435. The standard InChI is InChI=1S/C23H29N3O2/c1-17-7-5-6-14-26(17)20-15-25(16-20)23(27)24-19-12-10-18(11-13-19)21-8-3-4-9-22(21)28-2/h3-4,8-13,17,20H,5-7,14-16H2,1-2H3,(H,24,27)/t17-/m0/s1. The summed E-state index contributed by atoms with van der Waals surface area (Å²) in [7, 11) is 1.68. The molecular weight excluding hydrogens is 350 g/mol. The molecule has 0 saturated carbocycles. The Morgan fingerprint density at radius 1 is 1.07 bits per heavy atom. The van der Waals surface area contributed by atoms with Crippen molar-refractivity contribution >= 4 is 11.7 Å². The van der Waals surface area contributed by atoms with Crippen LogP contribution >= 0.6 is 0 Å². The molecule has 1 atom stereocenters. The Kier molecular flexibility index (Phi) is 5.53. The van der Waals surface area contributed by atoms with Crippen LogP contribution in [0.25, 0.3) is 11.1 Å². The van der Waals surface area contributed by atoms with Crippen LogP contribution in [0.15, 0.2) is 48.5 Å². The summed E-state index contributed by atoms with van der Waals surface area (Å²) in [6, 6.07) is 17.0. The summed E-state index contributed by atoms with van der Waals surface area (Å²) in [6.45, 7) is 5.14. The van der Waals surface area contributed by atoms with Crippen molar-refractivity contribution in [1.29, 1.82) is 0 Å². The summed E-state index contributed by atoms with van der Waals surface area (Å²) in [6.07, 6.45) is 3.90. The zero-order valence-electron chi connectivity index (χ0n) is 16.7. The maximum atomic E-state index is 12.5. The van der Waals surface area contributed by atoms with E-state index in [2.05, 4.69) is 17.1 Å². The minimum Gasteiger partial charge on any atom is -0.496 e. The van der Waals surface area contributed by atoms with Crippen molar-refractivity contribution in [2.75, 3.05) is 32.1 Å². The number of likely N-dealkylation sites (tertiary alicyclic amines) is 2. The summed E-state index contributed by atoms with van der Waals surface area (Å²) in [5.74, 6) is 0.845. The first kappa shape index (κ1) is 18.8. The van der Waals surface area contributed by atoms with Gasteiger partial charge in [0, 0.05) is 36.4 Å². The van der Waals surface area contributed by atoms with Gasteiger partial charge < -0.3 is 15.0 Å². The average molecular weight is 380 g/mol. The van der Waals surface area contributed by atoms with Gasteiger partial charge in [-0.1, -0.05) is 36.8 Å². The predicted octanol–water partition coefficient (Wildman–Crippen LogP) is 4.45. The Morgan fingerprint density at radius 3 is 2.54 bits per heavy atom. The summed E-state index contributed by atoms with van der Waals surface area (Å²) in [4.78, 5) is 17.0. The number of urea groups is 1. The van der Waals surface area contributed by atoms with Gasteiger partial charge in [-0.25, -0.2) is 4.79 Å². The number of piperidine rings is 1. The first-order chi connectivity index (χ1) is 13.7. The third-order valence-corrected chi connectivity index (χ3v) is 6.03. The van der Waals surface area contributed by atoms with Crippen molar-refractivity contribution in [1.82, 2.24) is 9.80 Å². The molecule has 2 saturated heterocycles. The fourth-order valence-electron chi connectivity index (χ4n) is 4.31. The van der Waals surface area contributed by atoms with E-state index in [4.69, 9.17) is 4.74 Å². The number of hydrogen-bond donors (Lipinski definition) is 1. The number of ether oxygens (including phenoxy) is 1. The van der Waals surface area contributed by atoms with Crippen molar-refractivity contribution < 1.29 is 9.53 Å². The van der Waals surface area contributed by atoms with E-state index in [0.29, 0.717) is 12.1 Å². The number of hydrogen-bond acceptors (Lipinski definition) is 3. The number of carbonyl (C=O) groups excluding carboxylic acids is 1. The number of rotatable bonds is 4. The number of nitrogens with one attached hydrogen (secondary N) is 1. The number of para-hydroxylation sites is 1. The second-order valence-electron chi connectivity index (χ2n) is 7.85. The largest absolute Gasteiger partial charge is 0.496 e. The lowest BCUT2D eigenvalue weighted by atomic mass is 9.98. The lowest BCUT2D eigenvalue weighted by molar-refractivity contribution is 0.0199. The van der Waals surface area contributed by atoms with E-state index in [0.717, 1.165) is 35.7 Å². The molecule has 2 aliphatic rings. The lowest BCUT2D eigenvalue weighted by Crippen LogP contribution is -2.64. The number of anilines is 1. The van der Waals surface area contributed by atoms with Gasteiger partial charge in [-0.2, -0.15) is 0 Å². The summed E-state index contributed by atoms with van der Waals surface area (Å²) < 4.78 is 5.44. The quantitative estimate of drug-likeness (QED) is 0.853. The van der Waals surface area contributed by atoms with Crippen LogP contribution in [0.4, 0.5) is 10.5 Å². The molecule has 0 aliphatic carbocycles. The first-order valence-corrected chi connectivity index (χ1v) is 10.2. The molecule has 148 valence electrons. The molecule has 2 amide bonds. The molecule has 2 aromatic carbocycles. The molecule has 0 spiro atoms. The predicted molar refractivity (Wildman–Crippen MR) is 113 cm³/mol.